The van der Waals surface area contributed by atoms with Crippen molar-refractivity contribution in [3.8, 4) is 0 Å². The number of para-hydroxylation sites is 1. The Hall–Kier alpha value is -2.86. The van der Waals surface area contributed by atoms with Crippen molar-refractivity contribution in [2.45, 2.75) is 24.4 Å². The highest BCUT2D eigenvalue weighted by Crippen LogP contribution is 2.39. The van der Waals surface area contributed by atoms with Crippen LogP contribution in [-0.4, -0.2) is 25.8 Å². The van der Waals surface area contributed by atoms with Crippen molar-refractivity contribution < 1.29 is 0 Å². The smallest absolute Gasteiger partial charge is 0.137 e. The van der Waals surface area contributed by atoms with Crippen LogP contribution >= 0.6 is 0 Å². The van der Waals surface area contributed by atoms with E-state index in [1.165, 1.54) is 5.39 Å². The van der Waals surface area contributed by atoms with Gasteiger partial charge in [0.25, 0.3) is 0 Å². The Morgan fingerprint density at radius 3 is 3.04 bits per heavy atom. The molecule has 6 nitrogen and oxygen atoms in total. The summed E-state index contributed by atoms with van der Waals surface area (Å²) in [4.78, 5) is 7.37. The zero-order chi connectivity index (χ0) is 16.6. The van der Waals surface area contributed by atoms with Crippen LogP contribution in [0.3, 0.4) is 0 Å². The molecule has 0 radical (unpaired) electrons. The Kier molecular flexibility index (Phi) is 3.46. The van der Waals surface area contributed by atoms with E-state index < -0.39 is 5.41 Å². The van der Waals surface area contributed by atoms with Gasteiger partial charge in [-0.3, -0.25) is 4.68 Å². The largest absolute Gasteiger partial charge is 0.399 e. The zero-order valence-electron chi connectivity index (χ0n) is 13.3. The minimum atomic E-state index is -0.394. The number of allylic oxidation sites excluding steroid dienone is 1. The molecule has 4 rings (SSSR count). The van der Waals surface area contributed by atoms with E-state index >= 15 is 0 Å². The van der Waals surface area contributed by atoms with Crippen molar-refractivity contribution in [2.24, 2.45) is 11.5 Å². The normalized spacial score (nSPS) is 23.5. The third-order valence-electron chi connectivity index (χ3n) is 4.82. The standard InChI is InChI=1S/C18H20N6/c19-14-4-5-16(20)18(10-14,7-9-24-12-21-11-23-24)15-3-1-2-13-6-8-22-17(13)15/h1-6,8,10-12,16,22H,7,9,19-20H2. The second-order valence-electron chi connectivity index (χ2n) is 6.23. The second-order valence-corrected chi connectivity index (χ2v) is 6.23. The predicted molar refractivity (Wildman–Crippen MR) is 94.0 cm³/mol. The first kappa shape index (κ1) is 14.7. The van der Waals surface area contributed by atoms with Gasteiger partial charge in [0, 0.05) is 35.4 Å². The molecule has 0 saturated heterocycles. The Labute approximate surface area is 139 Å². The SMILES string of the molecule is NC1=CC(CCn2cncn2)(c2cccc3cc[nH]c23)C(N)C=C1. The maximum absolute atomic E-state index is 6.56. The van der Waals surface area contributed by atoms with Gasteiger partial charge in [-0.15, -0.1) is 0 Å². The topological polar surface area (TPSA) is 98.5 Å². The Morgan fingerprint density at radius 2 is 2.21 bits per heavy atom. The number of aryl methyl sites for hydroxylation is 1. The molecule has 2 heterocycles. The summed E-state index contributed by atoms with van der Waals surface area (Å²) in [5.41, 5.74) is 15.3. The quantitative estimate of drug-likeness (QED) is 0.683. The number of nitrogens with one attached hydrogen (secondary N) is 1. The molecule has 3 aromatic rings. The molecule has 1 aromatic carbocycles. The summed E-state index contributed by atoms with van der Waals surface area (Å²) in [6.45, 7) is 0.711. The number of fused-ring (bicyclic) bond motifs is 1. The highest BCUT2D eigenvalue weighted by atomic mass is 15.3. The molecule has 0 bridgehead atoms. The van der Waals surface area contributed by atoms with Crippen molar-refractivity contribution in [3.63, 3.8) is 0 Å². The molecule has 2 aromatic heterocycles. The van der Waals surface area contributed by atoms with Crippen LogP contribution in [-0.2, 0) is 12.0 Å². The maximum atomic E-state index is 6.56. The molecule has 0 spiro atoms. The summed E-state index contributed by atoms with van der Waals surface area (Å²) < 4.78 is 1.83. The average molecular weight is 320 g/mol. The third-order valence-corrected chi connectivity index (χ3v) is 4.82. The minimum Gasteiger partial charge on any atom is -0.399 e. The van der Waals surface area contributed by atoms with Crippen LogP contribution in [0.25, 0.3) is 10.9 Å². The number of benzene rings is 1. The molecule has 0 fully saturated rings. The van der Waals surface area contributed by atoms with Crippen LogP contribution in [0.15, 0.2) is 67.0 Å². The zero-order valence-corrected chi connectivity index (χ0v) is 13.3. The molecule has 2 atom stereocenters. The third kappa shape index (κ3) is 2.32. The summed E-state index contributed by atoms with van der Waals surface area (Å²) in [5.74, 6) is 0. The molecule has 122 valence electrons. The van der Waals surface area contributed by atoms with E-state index in [0.717, 1.165) is 23.2 Å². The molecular weight excluding hydrogens is 300 g/mol. The van der Waals surface area contributed by atoms with Gasteiger partial charge in [-0.25, -0.2) is 4.98 Å². The van der Waals surface area contributed by atoms with E-state index in [1.54, 1.807) is 12.7 Å². The number of nitrogens with two attached hydrogens (primary N) is 2. The number of aromatic nitrogens is 4. The Bertz CT molecular complexity index is 905. The van der Waals surface area contributed by atoms with Crippen molar-refractivity contribution in [3.05, 3.63) is 72.6 Å². The second kappa shape index (κ2) is 5.65. The molecule has 2 unspecified atom stereocenters. The summed E-state index contributed by atoms with van der Waals surface area (Å²) >= 11 is 0. The van der Waals surface area contributed by atoms with Gasteiger partial charge in [0.05, 0.1) is 0 Å². The molecule has 24 heavy (non-hydrogen) atoms. The molecular formula is C18H20N6. The highest BCUT2D eigenvalue weighted by Gasteiger charge is 2.38. The summed E-state index contributed by atoms with van der Waals surface area (Å²) in [6.07, 6.45) is 12.0. The van der Waals surface area contributed by atoms with Crippen LogP contribution < -0.4 is 11.5 Å². The number of H-pyrrole nitrogens is 1. The predicted octanol–water partition coefficient (Wildman–Crippen LogP) is 1.83. The Balaban J connectivity index is 1.84. The van der Waals surface area contributed by atoms with E-state index in [0.29, 0.717) is 6.54 Å². The number of nitrogens with zero attached hydrogens (tertiary/aromatic N) is 3. The fraction of sp³-hybridized carbons (Fsp3) is 0.222. The van der Waals surface area contributed by atoms with E-state index in [-0.39, 0.29) is 6.04 Å². The monoisotopic (exact) mass is 320 g/mol. The summed E-state index contributed by atoms with van der Waals surface area (Å²) in [6, 6.07) is 8.20. The number of rotatable bonds is 4. The lowest BCUT2D eigenvalue weighted by molar-refractivity contribution is 0.393. The molecule has 0 amide bonds. The van der Waals surface area contributed by atoms with Crippen molar-refractivity contribution in [1.29, 1.82) is 0 Å². The number of hydrogen-bond donors (Lipinski definition) is 3. The summed E-state index contributed by atoms with van der Waals surface area (Å²) in [7, 11) is 0. The van der Waals surface area contributed by atoms with Crippen molar-refractivity contribution in [1.82, 2.24) is 19.7 Å². The molecule has 5 N–H and O–H groups in total. The van der Waals surface area contributed by atoms with Crippen LogP contribution in [0.4, 0.5) is 0 Å². The molecule has 6 heteroatoms. The van der Waals surface area contributed by atoms with Crippen LogP contribution in [0.5, 0.6) is 0 Å². The minimum absolute atomic E-state index is 0.165. The number of hydrogen-bond acceptors (Lipinski definition) is 4. The van der Waals surface area contributed by atoms with Gasteiger partial charge in [0.15, 0.2) is 0 Å². The van der Waals surface area contributed by atoms with Crippen molar-refractivity contribution in [2.75, 3.05) is 0 Å². The fourth-order valence-corrected chi connectivity index (χ4v) is 3.58. The first-order chi connectivity index (χ1) is 11.7. The molecule has 1 aliphatic carbocycles. The first-order valence-corrected chi connectivity index (χ1v) is 8.00. The molecule has 0 aliphatic heterocycles. The van der Waals surface area contributed by atoms with Gasteiger partial charge in [-0.2, -0.15) is 5.10 Å². The van der Waals surface area contributed by atoms with E-state index in [4.69, 9.17) is 11.5 Å². The first-order valence-electron chi connectivity index (χ1n) is 8.00. The van der Waals surface area contributed by atoms with E-state index in [1.807, 2.05) is 23.0 Å². The van der Waals surface area contributed by atoms with E-state index in [9.17, 15) is 0 Å². The molecule has 0 saturated carbocycles. The summed E-state index contributed by atoms with van der Waals surface area (Å²) in [5, 5.41) is 5.38. The van der Waals surface area contributed by atoms with Crippen LogP contribution in [0.2, 0.25) is 0 Å². The fourth-order valence-electron chi connectivity index (χ4n) is 3.58. The molecule has 1 aliphatic rings. The van der Waals surface area contributed by atoms with Gasteiger partial charge in [0.1, 0.15) is 12.7 Å². The lowest BCUT2D eigenvalue weighted by Crippen LogP contribution is -2.46. The highest BCUT2D eigenvalue weighted by molar-refractivity contribution is 5.84. The van der Waals surface area contributed by atoms with Gasteiger partial charge in [-0.05, 0) is 35.6 Å². The van der Waals surface area contributed by atoms with Crippen LogP contribution in [0.1, 0.15) is 12.0 Å². The number of aromatic amines is 1. The Morgan fingerprint density at radius 1 is 1.29 bits per heavy atom. The van der Waals surface area contributed by atoms with Gasteiger partial charge >= 0.3 is 0 Å². The van der Waals surface area contributed by atoms with E-state index in [2.05, 4.69) is 45.4 Å². The van der Waals surface area contributed by atoms with Gasteiger partial charge in [-0.1, -0.05) is 24.3 Å². The maximum Gasteiger partial charge on any atom is 0.137 e. The van der Waals surface area contributed by atoms with Gasteiger partial charge < -0.3 is 16.5 Å². The average Bonchev–Trinajstić information content (AvgIpc) is 3.26. The lowest BCUT2D eigenvalue weighted by Gasteiger charge is -2.38. The van der Waals surface area contributed by atoms with Crippen LogP contribution in [0, 0.1) is 0 Å². The van der Waals surface area contributed by atoms with Crippen molar-refractivity contribution >= 4 is 10.9 Å². The lowest BCUT2D eigenvalue weighted by atomic mass is 9.69. The van der Waals surface area contributed by atoms with Gasteiger partial charge in [0.2, 0.25) is 0 Å².